The fraction of sp³-hybridized carbons (Fsp3) is 0.450. The first-order valence-corrected chi connectivity index (χ1v) is 9.51. The average Bonchev–Trinajstić information content (AvgIpc) is 3.39. The Bertz CT molecular complexity index is 815. The number of anilines is 1. The first-order valence-electron chi connectivity index (χ1n) is 9.13. The van der Waals surface area contributed by atoms with E-state index in [9.17, 15) is 14.4 Å². The second kappa shape index (κ2) is 5.68. The fourth-order valence-corrected chi connectivity index (χ4v) is 5.43. The fourth-order valence-electron chi connectivity index (χ4n) is 5.24. The molecule has 0 radical (unpaired) electrons. The minimum absolute atomic E-state index is 0.0831. The highest BCUT2D eigenvalue weighted by Crippen LogP contribution is 2.65. The van der Waals surface area contributed by atoms with Crippen molar-refractivity contribution in [2.24, 2.45) is 35.5 Å². The number of nitrogens with one attached hydrogen (secondary N) is 1. The Morgan fingerprint density at radius 2 is 1.77 bits per heavy atom. The summed E-state index contributed by atoms with van der Waals surface area (Å²) in [5.41, 5.74) is 0.609. The summed E-state index contributed by atoms with van der Waals surface area (Å²) in [7, 11) is 0. The van der Waals surface area contributed by atoms with Gasteiger partial charge >= 0.3 is 0 Å². The van der Waals surface area contributed by atoms with Crippen LogP contribution in [0.1, 0.15) is 12.8 Å². The SMILES string of the molecule is O=C(CCN1C(=O)[C@H]2[C@@H]3C=C[C@@H]([C@H]4C[C@H]34)[C@@H]2C1=O)Nc1cccc(Cl)c1. The molecule has 4 aliphatic carbocycles. The van der Waals surface area contributed by atoms with Crippen LogP contribution in [0.25, 0.3) is 0 Å². The smallest absolute Gasteiger partial charge is 0.233 e. The summed E-state index contributed by atoms with van der Waals surface area (Å²) < 4.78 is 0. The minimum atomic E-state index is -0.230. The highest BCUT2D eigenvalue weighted by Gasteiger charge is 2.66. The summed E-state index contributed by atoms with van der Waals surface area (Å²) in [4.78, 5) is 39.2. The Labute approximate surface area is 156 Å². The maximum Gasteiger partial charge on any atom is 0.233 e. The largest absolute Gasteiger partial charge is 0.326 e. The number of carbonyl (C=O) groups excluding carboxylic acids is 3. The molecule has 1 heterocycles. The minimum Gasteiger partial charge on any atom is -0.326 e. The van der Waals surface area contributed by atoms with Gasteiger partial charge in [-0.1, -0.05) is 29.8 Å². The van der Waals surface area contributed by atoms with Crippen molar-refractivity contribution in [1.29, 1.82) is 0 Å². The first-order chi connectivity index (χ1) is 12.5. The number of benzene rings is 1. The molecule has 134 valence electrons. The van der Waals surface area contributed by atoms with Crippen molar-refractivity contribution in [1.82, 2.24) is 4.90 Å². The van der Waals surface area contributed by atoms with Crippen LogP contribution in [-0.2, 0) is 14.4 Å². The van der Waals surface area contributed by atoms with Gasteiger partial charge < -0.3 is 5.32 Å². The predicted molar refractivity (Wildman–Crippen MR) is 96.1 cm³/mol. The third-order valence-corrected chi connectivity index (χ3v) is 6.66. The summed E-state index contributed by atoms with van der Waals surface area (Å²) in [6.07, 6.45) is 5.55. The van der Waals surface area contributed by atoms with Gasteiger partial charge in [0.1, 0.15) is 0 Å². The number of rotatable bonds is 4. The third-order valence-electron chi connectivity index (χ3n) is 6.42. The molecule has 0 spiro atoms. The monoisotopic (exact) mass is 370 g/mol. The molecule has 6 atom stereocenters. The number of imide groups is 1. The van der Waals surface area contributed by atoms with Crippen LogP contribution in [-0.4, -0.2) is 29.2 Å². The van der Waals surface area contributed by atoms with Crippen LogP contribution in [0.15, 0.2) is 36.4 Å². The lowest BCUT2D eigenvalue weighted by Gasteiger charge is -2.37. The Kier molecular flexibility index (Phi) is 3.51. The van der Waals surface area contributed by atoms with Crippen LogP contribution in [0, 0.1) is 35.5 Å². The number of hydrogen-bond acceptors (Lipinski definition) is 3. The molecule has 2 bridgehead atoms. The predicted octanol–water partition coefficient (Wildman–Crippen LogP) is 2.72. The molecular formula is C20H19ClN2O3. The maximum absolute atomic E-state index is 12.8. The van der Waals surface area contributed by atoms with Gasteiger partial charge in [-0.3, -0.25) is 19.3 Å². The second-order valence-corrected chi connectivity index (χ2v) is 8.23. The molecule has 3 fully saturated rings. The first kappa shape index (κ1) is 16.1. The number of nitrogens with zero attached hydrogens (tertiary/aromatic N) is 1. The highest BCUT2D eigenvalue weighted by molar-refractivity contribution is 6.30. The second-order valence-electron chi connectivity index (χ2n) is 7.79. The van der Waals surface area contributed by atoms with Crippen molar-refractivity contribution in [3.05, 3.63) is 41.4 Å². The molecule has 0 unspecified atom stereocenters. The van der Waals surface area contributed by atoms with E-state index in [1.807, 2.05) is 0 Å². The van der Waals surface area contributed by atoms with Gasteiger partial charge in [0.2, 0.25) is 17.7 Å². The van der Waals surface area contributed by atoms with Crippen molar-refractivity contribution in [2.45, 2.75) is 12.8 Å². The van der Waals surface area contributed by atoms with E-state index in [1.165, 1.54) is 4.90 Å². The van der Waals surface area contributed by atoms with Crippen LogP contribution in [0.2, 0.25) is 5.02 Å². The van der Waals surface area contributed by atoms with E-state index >= 15 is 0 Å². The van der Waals surface area contributed by atoms with E-state index in [0.29, 0.717) is 22.5 Å². The van der Waals surface area contributed by atoms with Crippen molar-refractivity contribution < 1.29 is 14.4 Å². The maximum atomic E-state index is 12.8. The van der Waals surface area contributed by atoms with Crippen molar-refractivity contribution in [3.8, 4) is 0 Å². The molecule has 2 saturated carbocycles. The topological polar surface area (TPSA) is 66.5 Å². The van der Waals surface area contributed by atoms with Crippen molar-refractivity contribution in [2.75, 3.05) is 11.9 Å². The molecule has 6 rings (SSSR count). The van der Waals surface area contributed by atoms with E-state index in [2.05, 4.69) is 17.5 Å². The number of halogens is 1. The zero-order valence-electron chi connectivity index (χ0n) is 14.1. The van der Waals surface area contributed by atoms with Crippen molar-refractivity contribution in [3.63, 3.8) is 0 Å². The third kappa shape index (κ3) is 2.33. The molecule has 5 nitrogen and oxygen atoms in total. The molecule has 3 amide bonds. The Balaban J connectivity index is 1.25. The molecular weight excluding hydrogens is 352 g/mol. The average molecular weight is 371 g/mol. The summed E-state index contributed by atoms with van der Waals surface area (Å²) >= 11 is 5.91. The van der Waals surface area contributed by atoms with Gasteiger partial charge in [-0.2, -0.15) is 0 Å². The molecule has 26 heavy (non-hydrogen) atoms. The summed E-state index contributed by atoms with van der Waals surface area (Å²) in [5.74, 6) is 0.832. The molecule has 0 aromatic heterocycles. The van der Waals surface area contributed by atoms with Crippen molar-refractivity contribution >= 4 is 35.0 Å². The standard InChI is InChI=1S/C20H19ClN2O3/c21-10-2-1-3-11(8-10)22-16(24)6-7-23-19(25)17-12-4-5-13(15-9-14(12)15)18(17)20(23)26/h1-5,8,12-15,17-18H,6-7,9H2,(H,22,24)/t12-,13+,14-,15-,17+,18+/m1/s1. The van der Waals surface area contributed by atoms with Gasteiger partial charge in [0.05, 0.1) is 11.8 Å². The molecule has 1 aliphatic heterocycles. The van der Waals surface area contributed by atoms with E-state index in [1.54, 1.807) is 24.3 Å². The van der Waals surface area contributed by atoms with Crippen LogP contribution >= 0.6 is 11.6 Å². The van der Waals surface area contributed by atoms with Gasteiger partial charge in [0.25, 0.3) is 0 Å². The van der Waals surface area contributed by atoms with Gasteiger partial charge in [0, 0.05) is 23.7 Å². The number of amides is 3. The Morgan fingerprint density at radius 3 is 2.38 bits per heavy atom. The normalized spacial score (nSPS) is 36.1. The summed E-state index contributed by atoms with van der Waals surface area (Å²) in [6, 6.07) is 6.90. The quantitative estimate of drug-likeness (QED) is 0.654. The lowest BCUT2D eigenvalue weighted by Crippen LogP contribution is -2.40. The zero-order valence-corrected chi connectivity index (χ0v) is 14.9. The van der Waals surface area contributed by atoms with Gasteiger partial charge in [0.15, 0.2) is 0 Å². The Morgan fingerprint density at radius 1 is 1.12 bits per heavy atom. The van der Waals surface area contributed by atoms with Crippen LogP contribution in [0.5, 0.6) is 0 Å². The lowest BCUT2D eigenvalue weighted by atomic mass is 9.63. The number of hydrogen-bond donors (Lipinski definition) is 1. The van der Waals surface area contributed by atoms with Gasteiger partial charge in [-0.05, 0) is 48.3 Å². The van der Waals surface area contributed by atoms with Gasteiger partial charge in [-0.15, -0.1) is 0 Å². The van der Waals surface area contributed by atoms with E-state index in [0.717, 1.165) is 6.42 Å². The molecule has 6 heteroatoms. The zero-order chi connectivity index (χ0) is 18.0. The molecule has 1 saturated heterocycles. The van der Waals surface area contributed by atoms with Crippen LogP contribution in [0.4, 0.5) is 5.69 Å². The van der Waals surface area contributed by atoms with Gasteiger partial charge in [-0.25, -0.2) is 0 Å². The Hall–Kier alpha value is -2.14. The van der Waals surface area contributed by atoms with Crippen LogP contribution in [0.3, 0.4) is 0 Å². The lowest BCUT2D eigenvalue weighted by molar-refractivity contribution is -0.140. The number of allylic oxidation sites excluding steroid dienone is 2. The summed E-state index contributed by atoms with van der Waals surface area (Å²) in [5, 5.41) is 3.30. The number of likely N-dealkylation sites (tertiary alicyclic amines) is 1. The molecule has 1 N–H and O–H groups in total. The molecule has 5 aliphatic rings. The van der Waals surface area contributed by atoms with E-state index < -0.39 is 0 Å². The molecule has 1 aromatic carbocycles. The van der Waals surface area contributed by atoms with Crippen LogP contribution < -0.4 is 5.32 Å². The summed E-state index contributed by atoms with van der Waals surface area (Å²) in [6.45, 7) is 0.145. The molecule has 1 aromatic rings. The van der Waals surface area contributed by atoms with E-state index in [4.69, 9.17) is 11.6 Å². The number of carbonyl (C=O) groups is 3. The highest BCUT2D eigenvalue weighted by atomic mass is 35.5. The van der Waals surface area contributed by atoms with E-state index in [-0.39, 0.29) is 54.4 Å².